The predicted octanol–water partition coefficient (Wildman–Crippen LogP) is 3.25. The van der Waals surface area contributed by atoms with Crippen molar-refractivity contribution in [2.24, 2.45) is 0 Å². The van der Waals surface area contributed by atoms with E-state index in [1.807, 2.05) is 0 Å². The molecule has 162 valence electrons. The van der Waals surface area contributed by atoms with Crippen molar-refractivity contribution < 1.29 is 27.9 Å². The Morgan fingerprint density at radius 2 is 1.87 bits per heavy atom. The molecule has 1 aromatic carbocycles. The number of rotatable bonds is 7. The molecule has 0 radical (unpaired) electrons. The normalized spacial score (nSPS) is 15.2. The van der Waals surface area contributed by atoms with E-state index < -0.39 is 28.3 Å². The zero-order chi connectivity index (χ0) is 21.6. The van der Waals surface area contributed by atoms with E-state index in [0.717, 1.165) is 43.1 Å². The summed E-state index contributed by atoms with van der Waals surface area (Å²) in [5.74, 6) is -1.69. The first-order valence-corrected chi connectivity index (χ1v) is 12.1. The maximum Gasteiger partial charge on any atom is 0.342 e. The minimum atomic E-state index is -3.77. The van der Waals surface area contributed by atoms with Crippen molar-refractivity contribution in [2.75, 3.05) is 11.3 Å². The summed E-state index contributed by atoms with van der Waals surface area (Å²) in [6, 6.07) is 6.87. The van der Waals surface area contributed by atoms with Gasteiger partial charge < -0.3 is 15.2 Å². The molecule has 0 bridgehead atoms. The molecule has 1 aliphatic carbocycles. The summed E-state index contributed by atoms with van der Waals surface area (Å²) >= 11 is 1.06. The highest BCUT2D eigenvalue weighted by Crippen LogP contribution is 2.26. The van der Waals surface area contributed by atoms with Gasteiger partial charge in [0.05, 0.1) is 5.69 Å². The van der Waals surface area contributed by atoms with Crippen molar-refractivity contribution in [1.82, 2.24) is 5.32 Å². The van der Waals surface area contributed by atoms with Crippen molar-refractivity contribution in [3.05, 3.63) is 41.3 Å². The zero-order valence-electron chi connectivity index (χ0n) is 16.3. The minimum absolute atomic E-state index is 0.0998. The highest BCUT2D eigenvalue weighted by Gasteiger charge is 2.20. The Kier molecular flexibility index (Phi) is 7.33. The van der Waals surface area contributed by atoms with Gasteiger partial charge in [-0.3, -0.25) is 9.52 Å². The van der Waals surface area contributed by atoms with Gasteiger partial charge in [-0.15, -0.1) is 11.3 Å². The molecule has 1 aliphatic rings. The lowest BCUT2D eigenvalue weighted by Crippen LogP contribution is -2.37. The lowest BCUT2D eigenvalue weighted by atomic mass is 10.1. The van der Waals surface area contributed by atoms with Crippen molar-refractivity contribution in [1.29, 1.82) is 0 Å². The summed E-state index contributed by atoms with van der Waals surface area (Å²) in [5.41, 5.74) is -0.0557. The van der Waals surface area contributed by atoms with Crippen LogP contribution in [0.1, 0.15) is 48.9 Å². The lowest BCUT2D eigenvalue weighted by molar-refractivity contribution is -0.125. The average Bonchev–Trinajstić information content (AvgIpc) is 3.13. The van der Waals surface area contributed by atoms with Crippen LogP contribution in [0.15, 0.2) is 39.9 Å². The first-order chi connectivity index (χ1) is 14.3. The lowest BCUT2D eigenvalue weighted by Gasteiger charge is -2.16. The summed E-state index contributed by atoms with van der Waals surface area (Å²) in [7, 11) is -3.77. The number of hydrogen-bond donors (Lipinski definition) is 3. The number of phenols is 1. The molecule has 0 atom stereocenters. The fourth-order valence-corrected chi connectivity index (χ4v) is 5.33. The quantitative estimate of drug-likeness (QED) is 0.438. The number of anilines is 1. The molecule has 3 rings (SSSR count). The van der Waals surface area contributed by atoms with Gasteiger partial charge in [0, 0.05) is 12.1 Å². The van der Waals surface area contributed by atoms with Crippen LogP contribution in [0.4, 0.5) is 5.69 Å². The molecular formula is C20H24N2O6S2. The van der Waals surface area contributed by atoms with Gasteiger partial charge >= 0.3 is 5.97 Å². The van der Waals surface area contributed by atoms with E-state index in [9.17, 15) is 23.1 Å². The van der Waals surface area contributed by atoms with Crippen LogP contribution in [0.3, 0.4) is 0 Å². The SMILES string of the molecule is O=C(COC(=O)c1ccc(NS(=O)(=O)c2cccs2)cc1O)NC1CCCCCC1. The topological polar surface area (TPSA) is 122 Å². The van der Waals surface area contributed by atoms with Gasteiger partial charge in [-0.2, -0.15) is 0 Å². The first kappa shape index (κ1) is 22.1. The van der Waals surface area contributed by atoms with Crippen molar-refractivity contribution in [3.63, 3.8) is 0 Å². The summed E-state index contributed by atoms with van der Waals surface area (Å²) < 4.78 is 31.9. The van der Waals surface area contributed by atoms with Gasteiger partial charge in [-0.05, 0) is 36.4 Å². The standard InChI is InChI=1S/C20H24N2O6S2/c23-17-12-15(22-30(26,27)19-8-5-11-29-19)9-10-16(17)20(25)28-13-18(24)21-14-6-3-1-2-4-7-14/h5,8-12,14,22-23H,1-4,6-7,13H2,(H,21,24). The van der Waals surface area contributed by atoms with E-state index in [2.05, 4.69) is 10.0 Å². The van der Waals surface area contributed by atoms with Crippen LogP contribution in [-0.4, -0.2) is 38.0 Å². The van der Waals surface area contributed by atoms with E-state index in [4.69, 9.17) is 4.74 Å². The number of carbonyl (C=O) groups excluding carboxylic acids is 2. The van der Waals surface area contributed by atoms with E-state index in [0.29, 0.717) is 0 Å². The van der Waals surface area contributed by atoms with E-state index >= 15 is 0 Å². The Bertz CT molecular complexity index is 981. The largest absolute Gasteiger partial charge is 0.507 e. The zero-order valence-corrected chi connectivity index (χ0v) is 17.9. The number of hydrogen-bond acceptors (Lipinski definition) is 7. The second kappa shape index (κ2) is 9.94. The molecule has 1 saturated carbocycles. The summed E-state index contributed by atoms with van der Waals surface area (Å²) in [6.45, 7) is -0.443. The number of benzene rings is 1. The highest BCUT2D eigenvalue weighted by atomic mass is 32.2. The van der Waals surface area contributed by atoms with Crippen LogP contribution >= 0.6 is 11.3 Å². The Labute approximate surface area is 179 Å². The second-order valence-corrected chi connectivity index (χ2v) is 9.96. The van der Waals surface area contributed by atoms with Gasteiger partial charge in [-0.25, -0.2) is 13.2 Å². The Hall–Kier alpha value is -2.59. The molecule has 3 N–H and O–H groups in total. The number of nitrogens with one attached hydrogen (secondary N) is 2. The van der Waals surface area contributed by atoms with Crippen LogP contribution in [0.5, 0.6) is 5.75 Å². The Morgan fingerprint density at radius 3 is 2.50 bits per heavy atom. The van der Waals surface area contributed by atoms with Crippen LogP contribution in [0, 0.1) is 0 Å². The third-order valence-corrected chi connectivity index (χ3v) is 7.56. The molecule has 2 aromatic rings. The molecule has 10 heteroatoms. The molecule has 30 heavy (non-hydrogen) atoms. The number of thiophene rings is 1. The third kappa shape index (κ3) is 5.96. The van der Waals surface area contributed by atoms with Crippen molar-refractivity contribution in [3.8, 4) is 5.75 Å². The molecule has 1 heterocycles. The number of phenolic OH excluding ortho intramolecular Hbond substituents is 1. The van der Waals surface area contributed by atoms with Gasteiger partial charge in [-0.1, -0.05) is 31.7 Å². The van der Waals surface area contributed by atoms with Crippen LogP contribution in [0.25, 0.3) is 0 Å². The van der Waals surface area contributed by atoms with Crippen molar-refractivity contribution >= 4 is 38.9 Å². The van der Waals surface area contributed by atoms with Crippen LogP contribution < -0.4 is 10.0 Å². The molecule has 1 fully saturated rings. The third-order valence-electron chi connectivity index (χ3n) is 4.78. The predicted molar refractivity (Wildman–Crippen MR) is 113 cm³/mol. The maximum absolute atomic E-state index is 12.2. The Balaban J connectivity index is 1.55. The fourth-order valence-electron chi connectivity index (χ4n) is 3.29. The van der Waals surface area contributed by atoms with E-state index in [1.165, 1.54) is 31.0 Å². The number of ether oxygens (including phenoxy) is 1. The molecule has 1 amide bonds. The minimum Gasteiger partial charge on any atom is -0.507 e. The molecule has 0 spiro atoms. The van der Waals surface area contributed by atoms with Gasteiger partial charge in [0.15, 0.2) is 6.61 Å². The smallest absolute Gasteiger partial charge is 0.342 e. The molecule has 1 aromatic heterocycles. The first-order valence-electron chi connectivity index (χ1n) is 9.71. The molecule has 0 aliphatic heterocycles. The number of amides is 1. The van der Waals surface area contributed by atoms with E-state index in [1.54, 1.807) is 11.4 Å². The summed E-state index contributed by atoms with van der Waals surface area (Å²) in [6.07, 6.45) is 6.31. The highest BCUT2D eigenvalue weighted by molar-refractivity contribution is 7.94. The fraction of sp³-hybridized carbons (Fsp3) is 0.400. The van der Waals surface area contributed by atoms with Crippen LogP contribution in [0.2, 0.25) is 0 Å². The number of esters is 1. The van der Waals surface area contributed by atoms with E-state index in [-0.39, 0.29) is 27.4 Å². The van der Waals surface area contributed by atoms with Gasteiger partial charge in [0.2, 0.25) is 0 Å². The second-order valence-electron chi connectivity index (χ2n) is 7.10. The van der Waals surface area contributed by atoms with Gasteiger partial charge in [0.1, 0.15) is 15.5 Å². The van der Waals surface area contributed by atoms with Crippen molar-refractivity contribution in [2.45, 2.75) is 48.8 Å². The van der Waals surface area contributed by atoms with Gasteiger partial charge in [0.25, 0.3) is 15.9 Å². The molecular weight excluding hydrogens is 428 g/mol. The maximum atomic E-state index is 12.2. The summed E-state index contributed by atoms with van der Waals surface area (Å²) in [4.78, 5) is 24.2. The Morgan fingerprint density at radius 1 is 1.13 bits per heavy atom. The average molecular weight is 453 g/mol. The molecule has 0 saturated heterocycles. The summed E-state index contributed by atoms with van der Waals surface area (Å²) in [5, 5.41) is 14.6. The molecule has 0 unspecified atom stereocenters. The monoisotopic (exact) mass is 452 g/mol. The number of sulfonamides is 1. The van der Waals surface area contributed by atoms with Crippen LogP contribution in [-0.2, 0) is 19.6 Å². The number of aromatic hydroxyl groups is 1. The molecule has 8 nitrogen and oxygen atoms in total. The number of carbonyl (C=O) groups is 2.